The molecule has 0 aliphatic heterocycles. The van der Waals surface area contributed by atoms with E-state index in [0.717, 1.165) is 0 Å². The molecule has 4 unspecified atom stereocenters. The van der Waals surface area contributed by atoms with E-state index in [-0.39, 0.29) is 11.8 Å². The third kappa shape index (κ3) is 6.43. The lowest BCUT2D eigenvalue weighted by atomic mass is 10.1. The van der Waals surface area contributed by atoms with Gasteiger partial charge in [0.1, 0.15) is 0 Å². The first kappa shape index (κ1) is 16.9. The number of alkyl halides is 2. The van der Waals surface area contributed by atoms with E-state index in [0.29, 0.717) is 12.8 Å². The average Bonchev–Trinajstić information content (AvgIpc) is 2.35. The number of aliphatic hydroxyl groups excluding tert-OH is 2. The average molecular weight is 283 g/mol. The fraction of sp³-hybridized carbons (Fsp3) is 0.667. The van der Waals surface area contributed by atoms with Crippen LogP contribution in [0.3, 0.4) is 0 Å². The maximum atomic E-state index is 9.68. The van der Waals surface area contributed by atoms with Gasteiger partial charge in [-0.2, -0.15) is 0 Å². The minimum Gasteiger partial charge on any atom is -0.389 e. The summed E-state index contributed by atoms with van der Waals surface area (Å²) in [6.45, 7) is 7.19. The van der Waals surface area contributed by atoms with Crippen LogP contribution in [0, 0.1) is 0 Å². The molecule has 0 radical (unpaired) electrons. The molecule has 4 atom stereocenters. The van der Waals surface area contributed by atoms with Crippen molar-refractivity contribution in [1.82, 2.24) is 0 Å². The monoisotopic (exact) mass is 282 g/mol. The van der Waals surface area contributed by atoms with Gasteiger partial charge in [0.25, 0.3) is 0 Å². The van der Waals surface area contributed by atoms with Crippen LogP contribution >= 0.6 is 23.2 Å². The third-order valence-electron chi connectivity index (χ3n) is 2.32. The van der Waals surface area contributed by atoms with Crippen molar-refractivity contribution in [3.8, 4) is 0 Å². The summed E-state index contributed by atoms with van der Waals surface area (Å²) in [4.78, 5) is 0. The molecule has 0 amide bonds. The maximum absolute atomic E-state index is 9.68. The Kier molecular flexibility index (Phi) is 9.88. The first-order valence-electron chi connectivity index (χ1n) is 5.45. The van der Waals surface area contributed by atoms with Crippen molar-refractivity contribution in [3.63, 3.8) is 0 Å². The Labute approximate surface area is 113 Å². The Morgan fingerprint density at radius 2 is 1.29 bits per heavy atom. The largest absolute Gasteiger partial charge is 0.389 e. The molecule has 2 N–H and O–H groups in total. The number of hydrogen-bond donors (Lipinski definition) is 2. The molecule has 17 heavy (non-hydrogen) atoms. The summed E-state index contributed by atoms with van der Waals surface area (Å²) >= 11 is 11.2. The van der Waals surface area contributed by atoms with Crippen LogP contribution < -0.4 is 0 Å². The van der Waals surface area contributed by atoms with Crippen LogP contribution in [0.15, 0.2) is 25.3 Å². The molecule has 5 heteroatoms. The van der Waals surface area contributed by atoms with Crippen LogP contribution in [0.1, 0.15) is 12.8 Å². The van der Waals surface area contributed by atoms with Gasteiger partial charge >= 0.3 is 0 Å². The van der Waals surface area contributed by atoms with Gasteiger partial charge in [-0.1, -0.05) is 12.2 Å². The van der Waals surface area contributed by atoms with Crippen LogP contribution in [0.4, 0.5) is 0 Å². The smallest absolute Gasteiger partial charge is 0.0939 e. The molecule has 0 saturated carbocycles. The van der Waals surface area contributed by atoms with E-state index in [1.54, 1.807) is 12.2 Å². The second-order valence-corrected chi connectivity index (χ2v) is 4.32. The van der Waals surface area contributed by atoms with Gasteiger partial charge in [0.2, 0.25) is 0 Å². The van der Waals surface area contributed by atoms with E-state index < -0.39 is 24.4 Å². The van der Waals surface area contributed by atoms with E-state index >= 15 is 0 Å². The Morgan fingerprint density at radius 3 is 1.53 bits per heavy atom. The molecule has 0 aliphatic rings. The van der Waals surface area contributed by atoms with Crippen molar-refractivity contribution in [2.75, 3.05) is 11.8 Å². The highest BCUT2D eigenvalue weighted by Crippen LogP contribution is 2.16. The topological polar surface area (TPSA) is 49.7 Å². The molecule has 100 valence electrons. The molecule has 0 aliphatic carbocycles. The van der Waals surface area contributed by atoms with E-state index in [2.05, 4.69) is 13.2 Å². The third-order valence-corrected chi connectivity index (χ3v) is 2.95. The van der Waals surface area contributed by atoms with Crippen molar-refractivity contribution in [2.24, 2.45) is 0 Å². The van der Waals surface area contributed by atoms with E-state index in [1.165, 1.54) is 0 Å². The zero-order chi connectivity index (χ0) is 13.3. The zero-order valence-corrected chi connectivity index (χ0v) is 11.3. The highest BCUT2D eigenvalue weighted by molar-refractivity contribution is 6.18. The molecule has 3 nitrogen and oxygen atoms in total. The van der Waals surface area contributed by atoms with E-state index in [1.807, 2.05) is 0 Å². The molecule has 0 heterocycles. The predicted molar refractivity (Wildman–Crippen MR) is 71.7 cm³/mol. The van der Waals surface area contributed by atoms with Crippen molar-refractivity contribution in [1.29, 1.82) is 0 Å². The molecular weight excluding hydrogens is 263 g/mol. The predicted octanol–water partition coefficient (Wildman–Crippen LogP) is 2.09. The van der Waals surface area contributed by atoms with Gasteiger partial charge in [0.15, 0.2) is 0 Å². The number of halogens is 2. The molecule has 0 aromatic heterocycles. The van der Waals surface area contributed by atoms with Gasteiger partial charge in [-0.15, -0.1) is 36.4 Å². The van der Waals surface area contributed by atoms with Gasteiger partial charge in [-0.3, -0.25) is 0 Å². The Bertz CT molecular complexity index is 202. The van der Waals surface area contributed by atoms with Crippen LogP contribution in [0.25, 0.3) is 0 Å². The van der Waals surface area contributed by atoms with Gasteiger partial charge in [-0.05, 0) is 12.8 Å². The first-order chi connectivity index (χ1) is 8.10. The van der Waals surface area contributed by atoms with Gasteiger partial charge in [-0.25, -0.2) is 0 Å². The van der Waals surface area contributed by atoms with E-state index in [9.17, 15) is 10.2 Å². The van der Waals surface area contributed by atoms with Crippen molar-refractivity contribution in [3.05, 3.63) is 25.3 Å². The van der Waals surface area contributed by atoms with Crippen molar-refractivity contribution in [2.45, 2.75) is 37.3 Å². The van der Waals surface area contributed by atoms with Crippen LogP contribution in [0.5, 0.6) is 0 Å². The lowest BCUT2D eigenvalue weighted by Gasteiger charge is -2.28. The molecule has 0 rings (SSSR count). The summed E-state index contributed by atoms with van der Waals surface area (Å²) in [5.41, 5.74) is 0. The van der Waals surface area contributed by atoms with Crippen LogP contribution in [0.2, 0.25) is 0 Å². The Balaban J connectivity index is 4.53. The van der Waals surface area contributed by atoms with Gasteiger partial charge < -0.3 is 14.9 Å². The second-order valence-electron chi connectivity index (χ2n) is 3.71. The summed E-state index contributed by atoms with van der Waals surface area (Å²) in [7, 11) is 0. The molecule has 0 saturated heterocycles. The summed E-state index contributed by atoms with van der Waals surface area (Å²) in [5.74, 6) is 0.132. The summed E-state index contributed by atoms with van der Waals surface area (Å²) in [5, 5.41) is 19.4. The molecule has 0 bridgehead atoms. The minimum absolute atomic E-state index is 0.0658. The molecule has 0 aromatic rings. The lowest BCUT2D eigenvalue weighted by molar-refractivity contribution is -0.103. The quantitative estimate of drug-likeness (QED) is 0.477. The number of rotatable bonds is 10. The minimum atomic E-state index is -0.801. The summed E-state index contributed by atoms with van der Waals surface area (Å²) < 4.78 is 5.63. The van der Waals surface area contributed by atoms with Crippen molar-refractivity contribution >= 4 is 23.2 Å². The fourth-order valence-corrected chi connectivity index (χ4v) is 1.76. The SMILES string of the molecule is C=CCC(OC(CC=C)C(O)CCl)C(O)CCl. The van der Waals surface area contributed by atoms with Crippen LogP contribution in [-0.4, -0.2) is 46.4 Å². The Morgan fingerprint density at radius 1 is 0.941 bits per heavy atom. The number of ether oxygens (including phenoxy) is 1. The van der Waals surface area contributed by atoms with E-state index in [4.69, 9.17) is 27.9 Å². The molecular formula is C12H20Cl2O3. The maximum Gasteiger partial charge on any atom is 0.0939 e. The Hall–Kier alpha value is -0.0600. The van der Waals surface area contributed by atoms with Crippen LogP contribution in [-0.2, 0) is 4.74 Å². The molecule has 0 spiro atoms. The van der Waals surface area contributed by atoms with Gasteiger partial charge in [0.05, 0.1) is 36.2 Å². The zero-order valence-electron chi connectivity index (χ0n) is 9.77. The standard InChI is InChI=1S/C12H20Cl2O3/c1-3-5-11(9(15)7-13)17-12(6-4-2)10(16)8-14/h3-4,9-12,15-16H,1-2,5-8H2. The molecule has 0 fully saturated rings. The second kappa shape index (κ2) is 9.92. The molecule has 0 aromatic carbocycles. The fourth-order valence-electron chi connectivity index (χ4n) is 1.36. The highest BCUT2D eigenvalue weighted by Gasteiger charge is 2.25. The lowest BCUT2D eigenvalue weighted by Crippen LogP contribution is -2.39. The van der Waals surface area contributed by atoms with Gasteiger partial charge in [0, 0.05) is 0 Å². The van der Waals surface area contributed by atoms with Crippen molar-refractivity contribution < 1.29 is 14.9 Å². The number of aliphatic hydroxyl groups is 2. The number of hydrogen-bond acceptors (Lipinski definition) is 3. The summed E-state index contributed by atoms with van der Waals surface area (Å²) in [6.07, 6.45) is 1.60. The summed E-state index contributed by atoms with van der Waals surface area (Å²) in [6, 6.07) is 0. The highest BCUT2D eigenvalue weighted by atomic mass is 35.5. The normalized spacial score (nSPS) is 18.1. The first-order valence-corrected chi connectivity index (χ1v) is 6.52.